The van der Waals surface area contributed by atoms with E-state index in [-0.39, 0.29) is 55.9 Å². The van der Waals surface area contributed by atoms with Crippen LogP contribution in [0.4, 0.5) is 11.6 Å². The largest absolute Gasteiger partial charge is 0.454 e. The molecule has 0 saturated carbocycles. The average molecular weight is 534 g/mol. The summed E-state index contributed by atoms with van der Waals surface area (Å²) in [5.41, 5.74) is 0.290. The van der Waals surface area contributed by atoms with Gasteiger partial charge in [0.25, 0.3) is 11.8 Å². The van der Waals surface area contributed by atoms with Crippen LogP contribution in [-0.4, -0.2) is 40.9 Å². The molecule has 2 N–H and O–H groups in total. The van der Waals surface area contributed by atoms with Gasteiger partial charge in [-0.25, -0.2) is 26.9 Å². The number of nitrogens with zero attached hydrogens (tertiary/aromatic N) is 2. The molecule has 0 spiro atoms. The number of hydrogen-bond donors (Lipinski definition) is 1. The Bertz CT molecular complexity index is 1510. The van der Waals surface area contributed by atoms with Crippen LogP contribution in [0.5, 0.6) is 11.5 Å². The molecule has 0 atom stereocenters. The number of sulfonamides is 1. The first-order valence-corrected chi connectivity index (χ1v) is 13.7. The molecule has 0 radical (unpaired) electrons. The van der Waals surface area contributed by atoms with Gasteiger partial charge in [0.1, 0.15) is 20.5 Å². The molecular weight excluding hydrogens is 518 g/mol. The van der Waals surface area contributed by atoms with E-state index in [1.54, 1.807) is 0 Å². The SMILES string of the molecule is Cc1noc(N(C(=O)c2sccc2S(N)(=O)=O)c2c(S(C)(=O)=O)cc3c(c2C)OCO3)c1Cl. The van der Waals surface area contributed by atoms with Crippen molar-refractivity contribution in [1.29, 1.82) is 0 Å². The third-order valence-electron chi connectivity index (χ3n) is 4.77. The summed E-state index contributed by atoms with van der Waals surface area (Å²) in [4.78, 5) is 13.6. The fraction of sp³-hybridized carbons (Fsp3) is 0.222. The number of rotatable bonds is 5. The highest BCUT2D eigenvalue weighted by Gasteiger charge is 2.37. The molecule has 1 amide bonds. The monoisotopic (exact) mass is 533 g/mol. The van der Waals surface area contributed by atoms with Crippen LogP contribution in [0.1, 0.15) is 20.9 Å². The molecule has 2 aromatic heterocycles. The van der Waals surface area contributed by atoms with E-state index in [1.807, 2.05) is 0 Å². The first-order valence-electron chi connectivity index (χ1n) is 9.02. The van der Waals surface area contributed by atoms with Crippen LogP contribution in [0.25, 0.3) is 0 Å². The Balaban J connectivity index is 2.08. The molecule has 176 valence electrons. The highest BCUT2D eigenvalue weighted by molar-refractivity contribution is 7.91. The van der Waals surface area contributed by atoms with E-state index in [0.29, 0.717) is 0 Å². The molecule has 1 aliphatic heterocycles. The molecule has 15 heteroatoms. The van der Waals surface area contributed by atoms with Crippen LogP contribution in [0.15, 0.2) is 31.8 Å². The Hall–Kier alpha value is -2.65. The number of amides is 1. The predicted molar refractivity (Wildman–Crippen MR) is 119 cm³/mol. The molecule has 3 heterocycles. The first kappa shape index (κ1) is 23.5. The number of fused-ring (bicyclic) bond motifs is 1. The molecule has 0 fully saturated rings. The molecule has 4 rings (SSSR count). The summed E-state index contributed by atoms with van der Waals surface area (Å²) >= 11 is 7.13. The lowest BCUT2D eigenvalue weighted by molar-refractivity contribution is 0.0995. The van der Waals surface area contributed by atoms with E-state index < -0.39 is 30.7 Å². The van der Waals surface area contributed by atoms with Gasteiger partial charge < -0.3 is 14.0 Å². The standard InChI is InChI=1S/C18H16ClN3O8S3/c1-8-14(12(32(3,24)25)6-10-15(8)29-7-28-10)22(18-13(19)9(2)21-30-18)17(23)16-11(4-5-31-16)33(20,26)27/h4-6H,7H2,1-3H3,(H2,20,26,27). The van der Waals surface area contributed by atoms with E-state index >= 15 is 0 Å². The van der Waals surface area contributed by atoms with Crippen molar-refractivity contribution in [2.24, 2.45) is 5.14 Å². The fourth-order valence-electron chi connectivity index (χ4n) is 3.29. The number of hydrogen-bond acceptors (Lipinski definition) is 10. The number of aryl methyl sites for hydroxylation is 1. The first-order chi connectivity index (χ1) is 15.3. The summed E-state index contributed by atoms with van der Waals surface area (Å²) in [5, 5.41) is 10.3. The van der Waals surface area contributed by atoms with Crippen LogP contribution >= 0.6 is 22.9 Å². The van der Waals surface area contributed by atoms with Crippen molar-refractivity contribution in [1.82, 2.24) is 5.16 Å². The summed E-state index contributed by atoms with van der Waals surface area (Å²) in [5.74, 6) is -0.871. The van der Waals surface area contributed by atoms with Crippen molar-refractivity contribution in [2.45, 2.75) is 23.6 Å². The van der Waals surface area contributed by atoms with E-state index in [2.05, 4.69) is 5.16 Å². The third-order valence-corrected chi connectivity index (χ3v) is 8.30. The van der Waals surface area contributed by atoms with Crippen LogP contribution in [0.2, 0.25) is 5.02 Å². The number of primary sulfonamides is 1. The second-order valence-corrected chi connectivity index (χ2v) is 11.8. The lowest BCUT2D eigenvalue weighted by atomic mass is 10.1. The second kappa shape index (κ2) is 7.99. The normalized spacial score (nSPS) is 13.4. The number of anilines is 2. The Morgan fingerprint density at radius 2 is 1.91 bits per heavy atom. The topological polar surface area (TPSA) is 159 Å². The van der Waals surface area contributed by atoms with Crippen molar-refractivity contribution in [2.75, 3.05) is 17.9 Å². The van der Waals surface area contributed by atoms with E-state index in [0.717, 1.165) is 22.5 Å². The Kier molecular flexibility index (Phi) is 5.69. The predicted octanol–water partition coefficient (Wildman–Crippen LogP) is 2.76. The van der Waals surface area contributed by atoms with Crippen molar-refractivity contribution in [3.05, 3.63) is 38.7 Å². The van der Waals surface area contributed by atoms with Crippen LogP contribution in [0, 0.1) is 13.8 Å². The van der Waals surface area contributed by atoms with Gasteiger partial charge in [0.05, 0.1) is 10.6 Å². The van der Waals surface area contributed by atoms with Gasteiger partial charge in [0, 0.05) is 17.9 Å². The van der Waals surface area contributed by atoms with Gasteiger partial charge in [0.15, 0.2) is 21.3 Å². The second-order valence-electron chi connectivity index (χ2n) is 7.04. The minimum absolute atomic E-state index is 0.0754. The lowest BCUT2D eigenvalue weighted by Crippen LogP contribution is -2.29. The van der Waals surface area contributed by atoms with Gasteiger partial charge in [0.2, 0.25) is 16.8 Å². The Labute approximate surface area is 197 Å². The van der Waals surface area contributed by atoms with E-state index in [4.69, 9.17) is 30.7 Å². The number of sulfone groups is 1. The molecule has 1 aromatic carbocycles. The van der Waals surface area contributed by atoms with Gasteiger partial charge >= 0.3 is 0 Å². The molecule has 3 aromatic rings. The smallest absolute Gasteiger partial charge is 0.276 e. The Morgan fingerprint density at radius 1 is 1.21 bits per heavy atom. The van der Waals surface area contributed by atoms with Crippen molar-refractivity contribution in [3.8, 4) is 11.5 Å². The van der Waals surface area contributed by atoms with Gasteiger partial charge in [-0.1, -0.05) is 16.8 Å². The number of benzene rings is 1. The minimum atomic E-state index is -4.28. The van der Waals surface area contributed by atoms with Gasteiger partial charge in [-0.05, 0) is 25.3 Å². The molecular formula is C18H16ClN3O8S3. The number of nitrogens with two attached hydrogens (primary N) is 1. The number of halogens is 1. The number of carbonyl (C=O) groups excluding carboxylic acids is 1. The quantitative estimate of drug-likeness (QED) is 0.520. The molecule has 33 heavy (non-hydrogen) atoms. The summed E-state index contributed by atoms with van der Waals surface area (Å²) in [7, 11) is -8.23. The van der Waals surface area contributed by atoms with E-state index in [9.17, 15) is 21.6 Å². The lowest BCUT2D eigenvalue weighted by Gasteiger charge is -2.24. The van der Waals surface area contributed by atoms with Gasteiger partial charge in [-0.2, -0.15) is 0 Å². The minimum Gasteiger partial charge on any atom is -0.454 e. The molecule has 0 unspecified atom stereocenters. The summed E-state index contributed by atoms with van der Waals surface area (Å²) in [6, 6.07) is 2.38. The molecule has 0 aliphatic carbocycles. The molecule has 0 bridgehead atoms. The fourth-order valence-corrected chi connectivity index (χ4v) is 6.26. The zero-order valence-electron chi connectivity index (χ0n) is 17.3. The highest BCUT2D eigenvalue weighted by atomic mass is 35.5. The summed E-state index contributed by atoms with van der Waals surface area (Å²) in [6.07, 6.45) is 0.949. The summed E-state index contributed by atoms with van der Waals surface area (Å²) in [6.45, 7) is 2.88. The highest BCUT2D eigenvalue weighted by Crippen LogP contribution is 2.48. The summed E-state index contributed by atoms with van der Waals surface area (Å²) < 4.78 is 65.7. The molecule has 1 aliphatic rings. The number of aromatic nitrogens is 1. The maximum absolute atomic E-state index is 13.8. The maximum atomic E-state index is 13.8. The van der Waals surface area contributed by atoms with Crippen LogP contribution in [0.3, 0.4) is 0 Å². The number of carbonyl (C=O) groups is 1. The van der Waals surface area contributed by atoms with Crippen molar-refractivity contribution >= 4 is 60.3 Å². The average Bonchev–Trinajstić information content (AvgIpc) is 3.44. The molecule has 0 saturated heterocycles. The zero-order valence-corrected chi connectivity index (χ0v) is 20.5. The van der Waals surface area contributed by atoms with Crippen molar-refractivity contribution in [3.63, 3.8) is 0 Å². The number of thiophene rings is 1. The van der Waals surface area contributed by atoms with E-state index in [1.165, 1.54) is 31.4 Å². The number of ether oxygens (including phenoxy) is 2. The van der Waals surface area contributed by atoms with Crippen LogP contribution in [-0.2, 0) is 19.9 Å². The maximum Gasteiger partial charge on any atom is 0.276 e. The molecule has 11 nitrogen and oxygen atoms in total. The van der Waals surface area contributed by atoms with Gasteiger partial charge in [-0.15, -0.1) is 11.3 Å². The van der Waals surface area contributed by atoms with Gasteiger partial charge in [-0.3, -0.25) is 4.79 Å². The third kappa shape index (κ3) is 3.97. The zero-order chi connectivity index (χ0) is 24.3. The van der Waals surface area contributed by atoms with Crippen molar-refractivity contribution < 1.29 is 35.6 Å². The van der Waals surface area contributed by atoms with Crippen LogP contribution < -0.4 is 19.5 Å². The Morgan fingerprint density at radius 3 is 2.48 bits per heavy atom.